The summed E-state index contributed by atoms with van der Waals surface area (Å²) >= 11 is 5.80. The molecule has 1 atom stereocenters. The van der Waals surface area contributed by atoms with Crippen LogP contribution >= 0.6 is 11.6 Å². The number of carboxylic acid groups (broad SMARTS) is 1. The van der Waals surface area contributed by atoms with Gasteiger partial charge in [0.05, 0.1) is 34.3 Å². The summed E-state index contributed by atoms with van der Waals surface area (Å²) < 4.78 is 47.4. The van der Waals surface area contributed by atoms with E-state index < -0.39 is 34.9 Å². The van der Waals surface area contributed by atoms with E-state index >= 15 is 0 Å². The Morgan fingerprint density at radius 2 is 1.95 bits per heavy atom. The van der Waals surface area contributed by atoms with Crippen molar-refractivity contribution in [3.05, 3.63) is 91.9 Å². The van der Waals surface area contributed by atoms with Crippen molar-refractivity contribution in [2.24, 2.45) is 0 Å². The van der Waals surface area contributed by atoms with Gasteiger partial charge in [0.15, 0.2) is 11.1 Å². The molecule has 0 saturated carbocycles. The van der Waals surface area contributed by atoms with E-state index in [1.807, 2.05) is 6.07 Å². The van der Waals surface area contributed by atoms with Gasteiger partial charge in [-0.3, -0.25) is 4.79 Å². The second-order valence-corrected chi connectivity index (χ2v) is 8.61. The van der Waals surface area contributed by atoms with Gasteiger partial charge in [-0.05, 0) is 50.2 Å². The first-order valence-electron chi connectivity index (χ1n) is 10.8. The Morgan fingerprint density at radius 3 is 2.59 bits per heavy atom. The summed E-state index contributed by atoms with van der Waals surface area (Å²) in [5, 5.41) is 21.2. The number of hydrogen-bond donors (Lipinski definition) is 2. The molecule has 0 aliphatic carbocycles. The number of nitrogens with one attached hydrogen (secondary N) is 1. The monoisotopic (exact) mass is 527 g/mol. The van der Waals surface area contributed by atoms with Crippen molar-refractivity contribution in [1.29, 1.82) is 5.26 Å². The zero-order valence-corrected chi connectivity index (χ0v) is 20.0. The summed E-state index contributed by atoms with van der Waals surface area (Å²) in [6, 6.07) is 11.5. The van der Waals surface area contributed by atoms with Crippen LogP contribution in [0.3, 0.4) is 0 Å². The van der Waals surface area contributed by atoms with Crippen LogP contribution in [0, 0.1) is 18.3 Å². The van der Waals surface area contributed by atoms with Crippen LogP contribution in [0.5, 0.6) is 0 Å². The summed E-state index contributed by atoms with van der Waals surface area (Å²) in [6.45, 7) is 2.92. The topological polar surface area (TPSA) is 116 Å². The molecule has 0 radical (unpaired) electrons. The Hall–Kier alpha value is -4.36. The van der Waals surface area contributed by atoms with Crippen LogP contribution in [0.2, 0.25) is 5.15 Å². The zero-order chi connectivity index (χ0) is 27.1. The molecule has 4 aromatic rings. The Balaban J connectivity index is 1.97. The number of nitriles is 1. The third-order valence-electron chi connectivity index (χ3n) is 5.73. The maximum atomic E-state index is 13.8. The molecule has 2 heterocycles. The summed E-state index contributed by atoms with van der Waals surface area (Å²) in [5.74, 6) is -1.30. The molecule has 0 bridgehead atoms. The van der Waals surface area contributed by atoms with Gasteiger partial charge < -0.3 is 14.8 Å². The van der Waals surface area contributed by atoms with Crippen molar-refractivity contribution in [1.82, 2.24) is 4.98 Å². The Labute approximate surface area is 212 Å². The van der Waals surface area contributed by atoms with Crippen molar-refractivity contribution in [3.8, 4) is 17.4 Å². The maximum absolute atomic E-state index is 13.8. The number of hydrogen-bond acceptors (Lipinski definition) is 6. The van der Waals surface area contributed by atoms with Crippen LogP contribution in [0.1, 0.15) is 45.7 Å². The third-order valence-corrected chi connectivity index (χ3v) is 5.94. The first kappa shape index (κ1) is 25.7. The zero-order valence-electron chi connectivity index (χ0n) is 19.3. The highest BCUT2D eigenvalue weighted by Crippen LogP contribution is 2.37. The summed E-state index contributed by atoms with van der Waals surface area (Å²) in [5.41, 5.74) is -1.53. The molecule has 2 aromatic carbocycles. The number of aromatic carboxylic acids is 1. The van der Waals surface area contributed by atoms with E-state index in [0.717, 1.165) is 12.1 Å². The maximum Gasteiger partial charge on any atom is 0.416 e. The highest BCUT2D eigenvalue weighted by atomic mass is 35.5. The van der Waals surface area contributed by atoms with Crippen LogP contribution in [0.4, 0.5) is 18.9 Å². The SMILES string of the molecule is Cc1c(-c2cccc(C#N)c2)oc2c([C@@H](C)Nc3ccc(Cl)nc3C(=O)O)cc(C(F)(F)F)cc2c1=O. The minimum absolute atomic E-state index is 0.00589. The van der Waals surface area contributed by atoms with Crippen molar-refractivity contribution in [2.45, 2.75) is 26.1 Å². The fourth-order valence-electron chi connectivity index (χ4n) is 3.93. The molecule has 2 N–H and O–H groups in total. The molecule has 11 heteroatoms. The number of nitrogens with zero attached hydrogens (tertiary/aromatic N) is 2. The highest BCUT2D eigenvalue weighted by molar-refractivity contribution is 6.29. The molecule has 4 rings (SSSR count). The van der Waals surface area contributed by atoms with Crippen LogP contribution in [0.15, 0.2) is 57.7 Å². The molecular formula is C26H17ClF3N3O4. The standard InChI is InChI=1S/C26H17ClF3N3O4/c1-12-22(34)18-10-16(26(28,29)30)9-17(13(2)32-19-6-7-20(27)33-21(19)25(35)36)24(18)37-23(12)15-5-3-4-14(8-15)11-31/h3-10,13,32H,1-2H3,(H,35,36)/t13-/m1/s1. The van der Waals surface area contributed by atoms with E-state index in [-0.39, 0.29) is 38.7 Å². The minimum atomic E-state index is -4.77. The second kappa shape index (κ2) is 9.59. The average molecular weight is 528 g/mol. The number of alkyl halides is 3. The second-order valence-electron chi connectivity index (χ2n) is 8.22. The molecular weight excluding hydrogens is 511 g/mol. The largest absolute Gasteiger partial charge is 0.476 e. The lowest BCUT2D eigenvalue weighted by Gasteiger charge is -2.20. The van der Waals surface area contributed by atoms with Crippen molar-refractivity contribution in [3.63, 3.8) is 0 Å². The number of aromatic nitrogens is 1. The smallest absolute Gasteiger partial charge is 0.416 e. The first-order chi connectivity index (χ1) is 17.4. The van der Waals surface area contributed by atoms with Gasteiger partial charge in [-0.25, -0.2) is 9.78 Å². The number of carboxylic acids is 1. The van der Waals surface area contributed by atoms with Gasteiger partial charge in [0.1, 0.15) is 16.5 Å². The number of anilines is 1. The molecule has 0 unspecified atom stereocenters. The summed E-state index contributed by atoms with van der Waals surface area (Å²) in [7, 11) is 0. The molecule has 7 nitrogen and oxygen atoms in total. The van der Waals surface area contributed by atoms with Gasteiger partial charge in [-0.15, -0.1) is 0 Å². The van der Waals surface area contributed by atoms with Crippen molar-refractivity contribution >= 4 is 34.2 Å². The van der Waals surface area contributed by atoms with Gasteiger partial charge >= 0.3 is 12.1 Å². The van der Waals surface area contributed by atoms with Crippen molar-refractivity contribution in [2.75, 3.05) is 5.32 Å². The summed E-state index contributed by atoms with van der Waals surface area (Å²) in [4.78, 5) is 28.6. The van der Waals surface area contributed by atoms with Gasteiger partial charge in [0.25, 0.3) is 0 Å². The lowest BCUT2D eigenvalue weighted by Crippen LogP contribution is -2.16. The predicted molar refractivity (Wildman–Crippen MR) is 131 cm³/mol. The molecule has 0 amide bonds. The molecule has 188 valence electrons. The van der Waals surface area contributed by atoms with E-state index in [4.69, 9.17) is 16.0 Å². The van der Waals surface area contributed by atoms with Gasteiger partial charge in [-0.2, -0.15) is 18.4 Å². The molecule has 2 aromatic heterocycles. The van der Waals surface area contributed by atoms with E-state index in [2.05, 4.69) is 10.3 Å². The third kappa shape index (κ3) is 4.99. The molecule has 37 heavy (non-hydrogen) atoms. The highest BCUT2D eigenvalue weighted by Gasteiger charge is 2.33. The van der Waals surface area contributed by atoms with E-state index in [1.165, 1.54) is 32.0 Å². The van der Waals surface area contributed by atoms with Crippen LogP contribution in [0.25, 0.3) is 22.3 Å². The molecule has 0 aliphatic heterocycles. The Morgan fingerprint density at radius 1 is 1.22 bits per heavy atom. The lowest BCUT2D eigenvalue weighted by molar-refractivity contribution is -0.137. The quantitative estimate of drug-likeness (QED) is 0.282. The average Bonchev–Trinajstić information content (AvgIpc) is 2.85. The lowest BCUT2D eigenvalue weighted by atomic mass is 9.97. The van der Waals surface area contributed by atoms with Gasteiger partial charge in [-0.1, -0.05) is 23.7 Å². The normalized spacial score (nSPS) is 12.2. The number of fused-ring (bicyclic) bond motifs is 1. The number of halogens is 4. The van der Waals surface area contributed by atoms with E-state index in [9.17, 15) is 33.1 Å². The van der Waals surface area contributed by atoms with Crippen molar-refractivity contribution < 1.29 is 27.5 Å². The van der Waals surface area contributed by atoms with E-state index in [0.29, 0.717) is 11.1 Å². The molecule has 0 aliphatic rings. The van der Waals surface area contributed by atoms with Crippen LogP contribution in [-0.2, 0) is 6.18 Å². The number of rotatable bonds is 5. The molecule has 0 saturated heterocycles. The molecule has 0 spiro atoms. The fourth-order valence-corrected chi connectivity index (χ4v) is 4.08. The number of carbonyl (C=O) groups is 1. The van der Waals surface area contributed by atoms with Crippen LogP contribution < -0.4 is 10.7 Å². The predicted octanol–water partition coefficient (Wildman–Crippen LogP) is 6.58. The summed E-state index contributed by atoms with van der Waals surface area (Å²) in [6.07, 6.45) is -4.77. The molecule has 0 fully saturated rings. The minimum Gasteiger partial charge on any atom is -0.476 e. The van der Waals surface area contributed by atoms with Crippen LogP contribution in [-0.4, -0.2) is 16.1 Å². The first-order valence-corrected chi connectivity index (χ1v) is 11.1. The fraction of sp³-hybridized carbons (Fsp3) is 0.154. The Kier molecular flexibility index (Phi) is 6.67. The number of pyridine rings is 1. The van der Waals surface area contributed by atoms with Gasteiger partial charge in [0, 0.05) is 16.7 Å². The Bertz CT molecular complexity index is 1660. The van der Waals surface area contributed by atoms with E-state index in [1.54, 1.807) is 18.2 Å². The van der Waals surface area contributed by atoms with Gasteiger partial charge in [0.2, 0.25) is 0 Å². The number of benzene rings is 2.